The van der Waals surface area contributed by atoms with Crippen LogP contribution in [0.15, 0.2) is 83.3 Å². The highest BCUT2D eigenvalue weighted by Gasteiger charge is 2.22. The number of pyridine rings is 2. The van der Waals surface area contributed by atoms with Crippen LogP contribution in [0, 0.1) is 6.92 Å². The lowest BCUT2D eigenvalue weighted by Gasteiger charge is -2.21. The Morgan fingerprint density at radius 2 is 1.91 bits per heavy atom. The van der Waals surface area contributed by atoms with Gasteiger partial charge in [-0.05, 0) is 63.3 Å². The monoisotopic (exact) mass is 425 g/mol. The van der Waals surface area contributed by atoms with Crippen molar-refractivity contribution in [3.8, 4) is 11.6 Å². The number of aryl methyl sites for hydroxylation is 1. The van der Waals surface area contributed by atoms with Crippen molar-refractivity contribution in [2.24, 2.45) is 0 Å². The lowest BCUT2D eigenvalue weighted by Crippen LogP contribution is -2.18. The van der Waals surface area contributed by atoms with Gasteiger partial charge in [0.05, 0.1) is 5.52 Å². The van der Waals surface area contributed by atoms with E-state index in [1.165, 1.54) is 0 Å². The Bertz CT molecular complexity index is 1280. The zero-order valence-corrected chi connectivity index (χ0v) is 18.3. The van der Waals surface area contributed by atoms with Crippen molar-refractivity contribution in [1.29, 1.82) is 0 Å². The molecule has 0 saturated heterocycles. The number of nitrogens with one attached hydrogen (secondary N) is 1. The third-order valence-corrected chi connectivity index (χ3v) is 5.95. The smallest absolute Gasteiger partial charge is 0.227 e. The van der Waals surface area contributed by atoms with Crippen LogP contribution < -0.4 is 15.5 Å². The van der Waals surface area contributed by atoms with Crippen LogP contribution in [0.5, 0.6) is 5.88 Å². The van der Waals surface area contributed by atoms with Crippen LogP contribution in [-0.2, 0) is 0 Å². The second-order valence-corrected chi connectivity index (χ2v) is 8.36. The van der Waals surface area contributed by atoms with Crippen molar-refractivity contribution in [1.82, 2.24) is 9.55 Å². The number of benzene rings is 1. The van der Waals surface area contributed by atoms with Crippen LogP contribution in [0.4, 0.5) is 5.82 Å². The number of nitrogens with zero attached hydrogens (tertiary/aromatic N) is 2. The van der Waals surface area contributed by atoms with Gasteiger partial charge in [0.25, 0.3) is 0 Å². The highest BCUT2D eigenvalue weighted by Crippen LogP contribution is 2.31. The molecule has 2 aromatic heterocycles. The molecule has 1 N–H and O–H groups in total. The number of hydrogen-bond acceptors (Lipinski definition) is 4. The molecule has 0 aliphatic heterocycles. The van der Waals surface area contributed by atoms with E-state index in [0.29, 0.717) is 17.1 Å². The second-order valence-electron chi connectivity index (χ2n) is 8.36. The Kier molecular flexibility index (Phi) is 5.63. The van der Waals surface area contributed by atoms with Crippen molar-refractivity contribution in [2.75, 3.05) is 5.32 Å². The van der Waals surface area contributed by atoms with E-state index in [2.05, 4.69) is 27.0 Å². The van der Waals surface area contributed by atoms with E-state index in [1.54, 1.807) is 6.07 Å². The summed E-state index contributed by atoms with van der Waals surface area (Å²) in [5, 5.41) is 4.00. The van der Waals surface area contributed by atoms with E-state index >= 15 is 0 Å². The summed E-state index contributed by atoms with van der Waals surface area (Å²) >= 11 is 0. The number of para-hydroxylation sites is 1. The minimum Gasteiger partial charge on any atom is -0.474 e. The van der Waals surface area contributed by atoms with Crippen LogP contribution in [0.3, 0.4) is 0 Å². The third-order valence-electron chi connectivity index (χ3n) is 5.95. The van der Waals surface area contributed by atoms with Gasteiger partial charge in [0.1, 0.15) is 17.3 Å². The van der Waals surface area contributed by atoms with E-state index in [-0.39, 0.29) is 11.5 Å². The fraction of sp³-hybridized carbons (Fsp3) is 0.259. The summed E-state index contributed by atoms with van der Waals surface area (Å²) in [6.45, 7) is 1.95. The summed E-state index contributed by atoms with van der Waals surface area (Å²) < 4.78 is 8.36. The molecule has 1 fully saturated rings. The van der Waals surface area contributed by atoms with E-state index in [1.807, 2.05) is 61.5 Å². The Hall–Kier alpha value is -3.60. The summed E-state index contributed by atoms with van der Waals surface area (Å²) in [7, 11) is 0. The first-order valence-corrected chi connectivity index (χ1v) is 11.3. The molecule has 0 bridgehead atoms. The zero-order valence-electron chi connectivity index (χ0n) is 18.3. The Labute approximate surface area is 187 Å². The molecule has 2 aliphatic rings. The molecule has 1 aromatic carbocycles. The average Bonchev–Trinajstić information content (AvgIpc) is 3.16. The van der Waals surface area contributed by atoms with Gasteiger partial charge >= 0.3 is 0 Å². The van der Waals surface area contributed by atoms with Gasteiger partial charge in [0, 0.05) is 23.1 Å². The van der Waals surface area contributed by atoms with Crippen molar-refractivity contribution in [3.63, 3.8) is 0 Å². The molecule has 32 heavy (non-hydrogen) atoms. The number of aromatic nitrogens is 2. The largest absolute Gasteiger partial charge is 0.474 e. The van der Waals surface area contributed by atoms with Crippen LogP contribution in [0.1, 0.15) is 37.8 Å². The maximum Gasteiger partial charge on any atom is 0.227 e. The SMILES string of the molecule is Cc1cc2c(c(OC3CCCC3)n1)c(=O)cc(NC1=CCC=CC=C1)n2-c1ccccc1. The molecule has 5 nitrogen and oxygen atoms in total. The number of hydrogen-bond donors (Lipinski definition) is 1. The Balaban J connectivity index is 1.72. The fourth-order valence-corrected chi connectivity index (χ4v) is 4.44. The van der Waals surface area contributed by atoms with E-state index in [4.69, 9.17) is 4.74 Å². The molecule has 2 heterocycles. The summed E-state index contributed by atoms with van der Waals surface area (Å²) in [6, 6.07) is 13.7. The lowest BCUT2D eigenvalue weighted by molar-refractivity contribution is 0.204. The lowest BCUT2D eigenvalue weighted by atomic mass is 10.2. The van der Waals surface area contributed by atoms with Crippen LogP contribution >= 0.6 is 0 Å². The number of allylic oxidation sites excluding steroid dienone is 5. The normalized spacial score (nSPS) is 16.2. The number of ether oxygens (including phenoxy) is 1. The van der Waals surface area contributed by atoms with Crippen molar-refractivity contribution < 1.29 is 4.74 Å². The first kappa shape index (κ1) is 20.3. The van der Waals surface area contributed by atoms with Crippen LogP contribution in [-0.4, -0.2) is 15.7 Å². The average molecular weight is 426 g/mol. The Morgan fingerprint density at radius 3 is 2.72 bits per heavy atom. The predicted molar refractivity (Wildman–Crippen MR) is 130 cm³/mol. The molecule has 162 valence electrons. The molecule has 0 radical (unpaired) electrons. The first-order valence-electron chi connectivity index (χ1n) is 11.3. The van der Waals surface area contributed by atoms with Gasteiger partial charge in [-0.2, -0.15) is 0 Å². The number of rotatable bonds is 5. The van der Waals surface area contributed by atoms with Gasteiger partial charge in [-0.25, -0.2) is 4.98 Å². The maximum atomic E-state index is 13.4. The van der Waals surface area contributed by atoms with Gasteiger partial charge in [-0.3, -0.25) is 9.36 Å². The highest BCUT2D eigenvalue weighted by atomic mass is 16.5. The minimum atomic E-state index is -0.0912. The quantitative estimate of drug-likeness (QED) is 0.559. The van der Waals surface area contributed by atoms with Gasteiger partial charge < -0.3 is 10.1 Å². The molecule has 0 unspecified atom stereocenters. The van der Waals surface area contributed by atoms with Crippen molar-refractivity contribution in [2.45, 2.75) is 45.1 Å². The minimum absolute atomic E-state index is 0.0912. The van der Waals surface area contributed by atoms with Gasteiger partial charge in [-0.15, -0.1) is 0 Å². The second kappa shape index (κ2) is 8.87. The molecule has 0 atom stereocenters. The summed E-state index contributed by atoms with van der Waals surface area (Å²) in [6.07, 6.45) is 15.5. The molecule has 5 rings (SSSR count). The molecule has 2 aliphatic carbocycles. The zero-order chi connectivity index (χ0) is 21.9. The summed E-state index contributed by atoms with van der Waals surface area (Å²) in [5.41, 5.74) is 3.44. The first-order chi connectivity index (χ1) is 15.7. The molecule has 5 heteroatoms. The molecular weight excluding hydrogens is 398 g/mol. The third kappa shape index (κ3) is 4.11. The highest BCUT2D eigenvalue weighted by molar-refractivity contribution is 5.88. The maximum absolute atomic E-state index is 13.4. The van der Waals surface area contributed by atoms with Crippen LogP contribution in [0.25, 0.3) is 16.6 Å². The van der Waals surface area contributed by atoms with Crippen molar-refractivity contribution >= 4 is 16.7 Å². The molecule has 3 aromatic rings. The molecule has 1 saturated carbocycles. The van der Waals surface area contributed by atoms with Crippen molar-refractivity contribution in [3.05, 3.63) is 94.5 Å². The Morgan fingerprint density at radius 1 is 1.09 bits per heavy atom. The topological polar surface area (TPSA) is 56.1 Å². The van der Waals surface area contributed by atoms with Gasteiger partial charge in [0.2, 0.25) is 5.88 Å². The molecule has 0 spiro atoms. The van der Waals surface area contributed by atoms with Gasteiger partial charge in [0.15, 0.2) is 5.43 Å². The fourth-order valence-electron chi connectivity index (χ4n) is 4.44. The summed E-state index contributed by atoms with van der Waals surface area (Å²) in [4.78, 5) is 18.0. The number of fused-ring (bicyclic) bond motifs is 1. The number of anilines is 1. The van der Waals surface area contributed by atoms with E-state index in [9.17, 15) is 4.79 Å². The standard InChI is InChI=1S/C27H27N3O2/c1-19-17-23-26(27(28-19)32-22-15-9-10-16-22)24(31)18-25(29-20-11-5-2-3-6-12-20)30(23)21-13-7-4-8-14-21/h2-5,7-8,11-14,17-18,22,29H,6,9-10,15-16H2,1H3. The molecule has 0 amide bonds. The van der Waals surface area contributed by atoms with E-state index < -0.39 is 0 Å². The van der Waals surface area contributed by atoms with Gasteiger partial charge in [-0.1, -0.05) is 42.5 Å². The van der Waals surface area contributed by atoms with Crippen LogP contribution in [0.2, 0.25) is 0 Å². The van der Waals surface area contributed by atoms with E-state index in [0.717, 1.165) is 54.7 Å². The summed E-state index contributed by atoms with van der Waals surface area (Å²) in [5.74, 6) is 1.16. The molecular formula is C27H27N3O2. The predicted octanol–water partition coefficient (Wildman–Crippen LogP) is 5.83.